The van der Waals surface area contributed by atoms with Crippen LogP contribution < -0.4 is 5.32 Å². The van der Waals surface area contributed by atoms with Crippen LogP contribution in [0.1, 0.15) is 37.0 Å². The molecule has 2 rings (SSSR count). The van der Waals surface area contributed by atoms with Crippen molar-refractivity contribution >= 4 is 11.6 Å². The summed E-state index contributed by atoms with van der Waals surface area (Å²) >= 11 is 0. The molecule has 0 spiro atoms. The van der Waals surface area contributed by atoms with Gasteiger partial charge in [0, 0.05) is 5.56 Å². The summed E-state index contributed by atoms with van der Waals surface area (Å²) in [5.74, 6) is 6.49. The van der Waals surface area contributed by atoms with Gasteiger partial charge in [0.25, 0.3) is 0 Å². The van der Waals surface area contributed by atoms with Gasteiger partial charge in [0.2, 0.25) is 0 Å². The maximum absolute atomic E-state index is 5.17. The van der Waals surface area contributed by atoms with Gasteiger partial charge >= 0.3 is 0 Å². The first-order chi connectivity index (χ1) is 9.55. The summed E-state index contributed by atoms with van der Waals surface area (Å²) in [5, 5.41) is 3.19. The van der Waals surface area contributed by atoms with Crippen LogP contribution in [0.5, 0.6) is 0 Å². The molecular formula is C18H21NO. The average Bonchev–Trinajstić information content (AvgIpc) is 2.46. The molecule has 0 fully saturated rings. The number of hydrogen-bond donors (Lipinski definition) is 1. The van der Waals surface area contributed by atoms with Crippen LogP contribution in [-0.4, -0.2) is 19.7 Å². The van der Waals surface area contributed by atoms with E-state index in [1.807, 2.05) is 13.3 Å². The molecule has 20 heavy (non-hydrogen) atoms. The Balaban J connectivity index is 2.38. The molecule has 1 N–H and O–H groups in total. The van der Waals surface area contributed by atoms with E-state index in [1.165, 1.54) is 16.7 Å². The predicted octanol–water partition coefficient (Wildman–Crippen LogP) is 3.44. The van der Waals surface area contributed by atoms with Crippen LogP contribution in [0.4, 0.5) is 0 Å². The highest BCUT2D eigenvalue weighted by atomic mass is 16.5. The molecule has 0 atom stereocenters. The molecule has 0 bridgehead atoms. The Morgan fingerprint density at radius 3 is 2.85 bits per heavy atom. The highest BCUT2D eigenvalue weighted by molar-refractivity contribution is 5.79. The van der Waals surface area contributed by atoms with Gasteiger partial charge in [-0.25, -0.2) is 0 Å². The van der Waals surface area contributed by atoms with Crippen molar-refractivity contribution in [1.29, 1.82) is 0 Å². The molecule has 1 aliphatic carbocycles. The van der Waals surface area contributed by atoms with E-state index in [1.54, 1.807) is 7.11 Å². The molecule has 0 aliphatic heterocycles. The third-order valence-corrected chi connectivity index (χ3v) is 3.44. The quantitative estimate of drug-likeness (QED) is 0.654. The van der Waals surface area contributed by atoms with Crippen LogP contribution in [0.3, 0.4) is 0 Å². The molecule has 0 aromatic heterocycles. The Hall–Kier alpha value is -1.98. The van der Waals surface area contributed by atoms with E-state index in [9.17, 15) is 0 Å². The summed E-state index contributed by atoms with van der Waals surface area (Å²) in [6, 6.07) is 6.32. The minimum atomic E-state index is -0.180. The molecule has 0 saturated carbocycles. The second-order valence-electron chi connectivity index (χ2n) is 5.41. The van der Waals surface area contributed by atoms with Gasteiger partial charge in [-0.15, -0.1) is 0 Å². The summed E-state index contributed by atoms with van der Waals surface area (Å²) in [6.07, 6.45) is 7.02. The lowest BCUT2D eigenvalue weighted by atomic mass is 9.91. The summed E-state index contributed by atoms with van der Waals surface area (Å²) in [5.41, 5.74) is 4.48. The lowest BCUT2D eigenvalue weighted by Crippen LogP contribution is -2.34. The maximum Gasteiger partial charge on any atom is 0.0865 e. The number of allylic oxidation sites excluding steroid dienone is 2. The van der Waals surface area contributed by atoms with Crippen LogP contribution >= 0.6 is 0 Å². The molecular weight excluding hydrogens is 246 g/mol. The van der Waals surface area contributed by atoms with Gasteiger partial charge in [0.05, 0.1) is 18.9 Å². The van der Waals surface area contributed by atoms with Crippen LogP contribution in [0.25, 0.3) is 11.6 Å². The second kappa shape index (κ2) is 5.98. The van der Waals surface area contributed by atoms with E-state index in [-0.39, 0.29) is 5.54 Å². The Labute approximate surface area is 121 Å². The van der Waals surface area contributed by atoms with Gasteiger partial charge < -0.3 is 10.1 Å². The molecule has 0 amide bonds. The molecule has 104 valence electrons. The monoisotopic (exact) mass is 267 g/mol. The number of fused-ring (bicyclic) bond motifs is 1. The van der Waals surface area contributed by atoms with Gasteiger partial charge in [-0.05, 0) is 56.1 Å². The largest absolute Gasteiger partial charge is 0.504 e. The molecule has 0 radical (unpaired) electrons. The summed E-state index contributed by atoms with van der Waals surface area (Å²) < 4.78 is 5.17. The van der Waals surface area contributed by atoms with E-state index in [0.717, 1.165) is 12.0 Å². The molecule has 1 aromatic carbocycles. The zero-order valence-corrected chi connectivity index (χ0v) is 12.6. The Kier molecular flexibility index (Phi) is 4.32. The van der Waals surface area contributed by atoms with Crippen LogP contribution in [0.15, 0.2) is 30.5 Å². The first-order valence-electron chi connectivity index (χ1n) is 6.80. The van der Waals surface area contributed by atoms with Gasteiger partial charge in [-0.2, -0.15) is 0 Å². The lowest BCUT2D eigenvalue weighted by molar-refractivity contribution is 0.339. The molecule has 2 nitrogen and oxygen atoms in total. The summed E-state index contributed by atoms with van der Waals surface area (Å²) in [6.45, 7) is 4.13. The first-order valence-corrected chi connectivity index (χ1v) is 6.80. The predicted molar refractivity (Wildman–Crippen MR) is 85.1 cm³/mol. The standard InChI is InChI=1S/C18H21NO/c1-18(2,19-3)11-10-14-8-9-15-6-5-7-16(13-20-4)17(15)12-14/h5-6,8-9,12-13,19H,7H2,1-4H3. The molecule has 0 saturated heterocycles. The normalized spacial score (nSPS) is 15.5. The third-order valence-electron chi connectivity index (χ3n) is 3.44. The third kappa shape index (κ3) is 3.31. The van der Waals surface area contributed by atoms with Crippen molar-refractivity contribution in [2.24, 2.45) is 0 Å². The van der Waals surface area contributed by atoms with Crippen molar-refractivity contribution in [2.45, 2.75) is 25.8 Å². The van der Waals surface area contributed by atoms with Gasteiger partial charge in [0.1, 0.15) is 0 Å². The highest BCUT2D eigenvalue weighted by Gasteiger charge is 2.12. The number of nitrogens with one attached hydrogen (secondary N) is 1. The molecule has 1 aromatic rings. The summed E-state index contributed by atoms with van der Waals surface area (Å²) in [4.78, 5) is 0. The van der Waals surface area contributed by atoms with Crippen molar-refractivity contribution in [3.8, 4) is 11.8 Å². The van der Waals surface area contributed by atoms with E-state index in [4.69, 9.17) is 4.74 Å². The topological polar surface area (TPSA) is 21.3 Å². The Bertz CT molecular complexity index is 612. The molecule has 0 unspecified atom stereocenters. The van der Waals surface area contributed by atoms with Crippen molar-refractivity contribution in [1.82, 2.24) is 5.32 Å². The van der Waals surface area contributed by atoms with Gasteiger partial charge in [-0.3, -0.25) is 0 Å². The fourth-order valence-corrected chi connectivity index (χ4v) is 2.03. The zero-order chi connectivity index (χ0) is 14.6. The van der Waals surface area contributed by atoms with Gasteiger partial charge in [0.15, 0.2) is 0 Å². The van der Waals surface area contributed by atoms with Crippen molar-refractivity contribution in [3.05, 3.63) is 47.2 Å². The minimum absolute atomic E-state index is 0.180. The number of rotatable bonds is 2. The van der Waals surface area contributed by atoms with Crippen LogP contribution in [-0.2, 0) is 4.74 Å². The molecule has 2 heteroatoms. The number of hydrogen-bond acceptors (Lipinski definition) is 2. The Morgan fingerprint density at radius 2 is 2.15 bits per heavy atom. The van der Waals surface area contributed by atoms with E-state index in [0.29, 0.717) is 0 Å². The van der Waals surface area contributed by atoms with Crippen LogP contribution in [0, 0.1) is 11.8 Å². The van der Waals surface area contributed by atoms with E-state index in [2.05, 4.69) is 61.4 Å². The summed E-state index contributed by atoms with van der Waals surface area (Å²) in [7, 11) is 3.61. The van der Waals surface area contributed by atoms with E-state index >= 15 is 0 Å². The highest BCUT2D eigenvalue weighted by Crippen LogP contribution is 2.29. The van der Waals surface area contributed by atoms with Gasteiger partial charge in [-0.1, -0.05) is 30.1 Å². The Morgan fingerprint density at radius 1 is 1.35 bits per heavy atom. The minimum Gasteiger partial charge on any atom is -0.504 e. The number of benzene rings is 1. The van der Waals surface area contributed by atoms with Crippen LogP contribution in [0.2, 0.25) is 0 Å². The SMILES string of the molecule is CNC(C)(C)C#Cc1ccc2c(c1)C(=COC)CC=C2. The zero-order valence-electron chi connectivity index (χ0n) is 12.6. The first kappa shape index (κ1) is 14.4. The lowest BCUT2D eigenvalue weighted by Gasteiger charge is -2.16. The maximum atomic E-state index is 5.17. The second-order valence-corrected chi connectivity index (χ2v) is 5.41. The fraction of sp³-hybridized carbons (Fsp3) is 0.333. The smallest absolute Gasteiger partial charge is 0.0865 e. The molecule has 1 aliphatic rings. The number of methoxy groups -OCH3 is 1. The average molecular weight is 267 g/mol. The van der Waals surface area contributed by atoms with E-state index < -0.39 is 0 Å². The van der Waals surface area contributed by atoms with Crippen molar-refractivity contribution < 1.29 is 4.74 Å². The fourth-order valence-electron chi connectivity index (χ4n) is 2.03. The number of ether oxygens (including phenoxy) is 1. The molecule has 0 heterocycles. The van der Waals surface area contributed by atoms with Crippen molar-refractivity contribution in [2.75, 3.05) is 14.2 Å². The van der Waals surface area contributed by atoms with Crippen molar-refractivity contribution in [3.63, 3.8) is 0 Å².